The molecule has 1 aromatic carbocycles. The van der Waals surface area contributed by atoms with Gasteiger partial charge in [-0.05, 0) is 25.5 Å². The van der Waals surface area contributed by atoms with Gasteiger partial charge in [0.05, 0.1) is 7.11 Å². The third-order valence-corrected chi connectivity index (χ3v) is 3.29. The number of nitrogens with one attached hydrogen (secondary N) is 2. The summed E-state index contributed by atoms with van der Waals surface area (Å²) in [4.78, 5) is 36.7. The number of aromatic nitrogens is 2. The Balaban J connectivity index is 2.19. The van der Waals surface area contributed by atoms with E-state index in [0.29, 0.717) is 11.4 Å². The summed E-state index contributed by atoms with van der Waals surface area (Å²) in [6, 6.07) is 4.81. The lowest BCUT2D eigenvalue weighted by Gasteiger charge is -2.14. The van der Waals surface area contributed by atoms with Gasteiger partial charge in [-0.1, -0.05) is 6.07 Å². The predicted molar refractivity (Wildman–Crippen MR) is 82.4 cm³/mol. The van der Waals surface area contributed by atoms with Crippen molar-refractivity contribution in [2.75, 3.05) is 12.4 Å². The second-order valence-electron chi connectivity index (χ2n) is 4.87. The molecule has 116 valence electrons. The Labute approximate surface area is 126 Å². The normalized spacial score (nSPS) is 10.3. The number of H-pyrrole nitrogens is 1. The van der Waals surface area contributed by atoms with Gasteiger partial charge in [0.2, 0.25) is 5.91 Å². The van der Waals surface area contributed by atoms with Gasteiger partial charge < -0.3 is 10.1 Å². The SMILES string of the molecule is COc1c(C)ccc(NC(=O)Cn2ccc(=O)[nH]c2=O)c1C. The molecule has 2 rings (SSSR count). The smallest absolute Gasteiger partial charge is 0.328 e. The summed E-state index contributed by atoms with van der Waals surface area (Å²) in [5, 5.41) is 2.73. The van der Waals surface area contributed by atoms with Crippen LogP contribution in [0.1, 0.15) is 11.1 Å². The number of benzene rings is 1. The van der Waals surface area contributed by atoms with Crippen molar-refractivity contribution >= 4 is 11.6 Å². The number of hydrogen-bond acceptors (Lipinski definition) is 4. The number of ether oxygens (including phenoxy) is 1. The zero-order valence-electron chi connectivity index (χ0n) is 12.6. The first-order valence-electron chi connectivity index (χ1n) is 6.66. The lowest BCUT2D eigenvalue weighted by atomic mass is 10.1. The Morgan fingerprint density at radius 2 is 2.00 bits per heavy atom. The molecule has 0 saturated heterocycles. The molecule has 22 heavy (non-hydrogen) atoms. The van der Waals surface area contributed by atoms with Crippen molar-refractivity contribution in [2.24, 2.45) is 0 Å². The number of hydrogen-bond donors (Lipinski definition) is 2. The Hall–Kier alpha value is -2.83. The van der Waals surface area contributed by atoms with Gasteiger partial charge in [0.15, 0.2) is 0 Å². The fourth-order valence-corrected chi connectivity index (χ4v) is 2.19. The Morgan fingerprint density at radius 1 is 1.27 bits per heavy atom. The van der Waals surface area contributed by atoms with Crippen molar-refractivity contribution in [3.8, 4) is 5.75 Å². The van der Waals surface area contributed by atoms with Gasteiger partial charge in [0.1, 0.15) is 12.3 Å². The Kier molecular flexibility index (Phi) is 4.45. The molecule has 0 fully saturated rings. The maximum absolute atomic E-state index is 12.1. The fraction of sp³-hybridized carbons (Fsp3) is 0.267. The highest BCUT2D eigenvalue weighted by molar-refractivity contribution is 5.91. The van der Waals surface area contributed by atoms with E-state index < -0.39 is 11.2 Å². The van der Waals surface area contributed by atoms with E-state index in [1.54, 1.807) is 13.2 Å². The number of methoxy groups -OCH3 is 1. The van der Waals surface area contributed by atoms with Crippen molar-refractivity contribution < 1.29 is 9.53 Å². The highest BCUT2D eigenvalue weighted by Gasteiger charge is 2.11. The zero-order chi connectivity index (χ0) is 16.3. The van der Waals surface area contributed by atoms with Gasteiger partial charge in [0, 0.05) is 23.5 Å². The summed E-state index contributed by atoms with van der Waals surface area (Å²) < 4.78 is 6.42. The molecule has 0 saturated carbocycles. The molecule has 0 aliphatic carbocycles. The van der Waals surface area contributed by atoms with E-state index in [1.807, 2.05) is 19.9 Å². The van der Waals surface area contributed by atoms with Crippen LogP contribution in [0.25, 0.3) is 0 Å². The first kappa shape index (κ1) is 15.6. The molecule has 1 amide bonds. The summed E-state index contributed by atoms with van der Waals surface area (Å²) in [5.41, 5.74) is 1.27. The maximum atomic E-state index is 12.1. The van der Waals surface area contributed by atoms with Crippen LogP contribution >= 0.6 is 0 Å². The van der Waals surface area contributed by atoms with E-state index in [0.717, 1.165) is 15.7 Å². The number of rotatable bonds is 4. The van der Waals surface area contributed by atoms with Crippen LogP contribution in [0.2, 0.25) is 0 Å². The van der Waals surface area contributed by atoms with Crippen molar-refractivity contribution in [2.45, 2.75) is 20.4 Å². The summed E-state index contributed by atoms with van der Waals surface area (Å²) in [6.07, 6.45) is 1.28. The van der Waals surface area contributed by atoms with Gasteiger partial charge in [0.25, 0.3) is 5.56 Å². The van der Waals surface area contributed by atoms with Gasteiger partial charge in [-0.3, -0.25) is 19.1 Å². The average molecular weight is 303 g/mol. The van der Waals surface area contributed by atoms with E-state index in [-0.39, 0.29) is 12.5 Å². The molecule has 0 unspecified atom stereocenters. The molecule has 2 N–H and O–H groups in total. The number of amides is 1. The summed E-state index contributed by atoms with van der Waals surface area (Å²) in [6.45, 7) is 3.57. The standard InChI is InChI=1S/C15H17N3O4/c1-9-4-5-11(10(2)14(9)22-3)16-13(20)8-18-7-6-12(19)17-15(18)21/h4-7H,8H2,1-3H3,(H,16,20)(H,17,19,21). The second kappa shape index (κ2) is 6.30. The van der Waals surface area contributed by atoms with Crippen LogP contribution in [-0.2, 0) is 11.3 Å². The number of carbonyl (C=O) groups excluding carboxylic acids is 1. The van der Waals surface area contributed by atoms with Gasteiger partial charge in [-0.15, -0.1) is 0 Å². The quantitative estimate of drug-likeness (QED) is 0.873. The van der Waals surface area contributed by atoms with Crippen LogP contribution in [-0.4, -0.2) is 22.6 Å². The molecule has 2 aromatic rings. The number of nitrogens with zero attached hydrogens (tertiary/aromatic N) is 1. The Morgan fingerprint density at radius 3 is 2.64 bits per heavy atom. The molecule has 1 heterocycles. The molecule has 1 aromatic heterocycles. The van der Waals surface area contributed by atoms with E-state index in [1.165, 1.54) is 12.3 Å². The lowest BCUT2D eigenvalue weighted by Crippen LogP contribution is -2.32. The fourth-order valence-electron chi connectivity index (χ4n) is 2.19. The zero-order valence-corrected chi connectivity index (χ0v) is 12.6. The molecule has 7 heteroatoms. The molecule has 0 bridgehead atoms. The van der Waals surface area contributed by atoms with Crippen molar-refractivity contribution in [3.63, 3.8) is 0 Å². The van der Waals surface area contributed by atoms with E-state index in [9.17, 15) is 14.4 Å². The molecule has 0 spiro atoms. The van der Waals surface area contributed by atoms with Crippen LogP contribution in [0, 0.1) is 13.8 Å². The van der Waals surface area contributed by atoms with Crippen molar-refractivity contribution in [3.05, 3.63) is 56.4 Å². The maximum Gasteiger partial charge on any atom is 0.328 e. The largest absolute Gasteiger partial charge is 0.496 e. The second-order valence-corrected chi connectivity index (χ2v) is 4.87. The topological polar surface area (TPSA) is 93.2 Å². The lowest BCUT2D eigenvalue weighted by molar-refractivity contribution is -0.116. The van der Waals surface area contributed by atoms with Crippen LogP contribution in [0.5, 0.6) is 5.75 Å². The van der Waals surface area contributed by atoms with Crippen LogP contribution in [0.15, 0.2) is 34.0 Å². The average Bonchev–Trinajstić information content (AvgIpc) is 2.46. The number of aryl methyl sites for hydroxylation is 1. The summed E-state index contributed by atoms with van der Waals surface area (Å²) >= 11 is 0. The van der Waals surface area contributed by atoms with Gasteiger partial charge in [-0.25, -0.2) is 4.79 Å². The summed E-state index contributed by atoms with van der Waals surface area (Å²) in [7, 11) is 1.57. The summed E-state index contributed by atoms with van der Waals surface area (Å²) in [5.74, 6) is 0.335. The third kappa shape index (κ3) is 3.25. The molecule has 7 nitrogen and oxygen atoms in total. The van der Waals surface area contributed by atoms with Crippen molar-refractivity contribution in [1.82, 2.24) is 9.55 Å². The van der Waals surface area contributed by atoms with E-state index in [4.69, 9.17) is 4.74 Å². The van der Waals surface area contributed by atoms with Crippen molar-refractivity contribution in [1.29, 1.82) is 0 Å². The van der Waals surface area contributed by atoms with E-state index >= 15 is 0 Å². The minimum atomic E-state index is -0.624. The number of aromatic amines is 1. The highest BCUT2D eigenvalue weighted by Crippen LogP contribution is 2.29. The molecule has 0 aliphatic rings. The van der Waals surface area contributed by atoms with E-state index in [2.05, 4.69) is 10.3 Å². The molecule has 0 radical (unpaired) electrons. The van der Waals surface area contributed by atoms with Gasteiger partial charge >= 0.3 is 5.69 Å². The first-order valence-corrected chi connectivity index (χ1v) is 6.66. The molecule has 0 atom stereocenters. The van der Waals surface area contributed by atoms with Crippen LogP contribution < -0.4 is 21.3 Å². The molecular formula is C15H17N3O4. The Bertz CT molecular complexity index is 820. The first-order chi connectivity index (χ1) is 10.4. The highest BCUT2D eigenvalue weighted by atomic mass is 16.5. The van der Waals surface area contributed by atoms with Crippen LogP contribution in [0.4, 0.5) is 5.69 Å². The minimum Gasteiger partial charge on any atom is -0.496 e. The minimum absolute atomic E-state index is 0.189. The molecular weight excluding hydrogens is 286 g/mol. The third-order valence-electron chi connectivity index (χ3n) is 3.29. The van der Waals surface area contributed by atoms with Crippen LogP contribution in [0.3, 0.4) is 0 Å². The van der Waals surface area contributed by atoms with Gasteiger partial charge in [-0.2, -0.15) is 0 Å². The number of carbonyl (C=O) groups is 1. The predicted octanol–water partition coefficient (Wildman–Crippen LogP) is 0.801. The number of anilines is 1. The molecule has 0 aliphatic heterocycles. The monoisotopic (exact) mass is 303 g/mol.